The number of amides is 2. The number of hydrogen-bond acceptors (Lipinski definition) is 16. The number of piperidine rings is 3. The number of nitrogens with one attached hydrogen (secondary N) is 2. The number of sulfonamides is 1. The molecule has 0 unspecified atom stereocenters. The van der Waals surface area contributed by atoms with Crippen molar-refractivity contribution in [2.75, 3.05) is 52.5 Å². The Bertz CT molecular complexity index is 1610. The molecular formula is C43H74N4O15S. The Hall–Kier alpha value is -3.63. The third-order valence-electron chi connectivity index (χ3n) is 9.75. The van der Waals surface area contributed by atoms with Crippen LogP contribution in [0.3, 0.4) is 0 Å². The Morgan fingerprint density at radius 1 is 0.746 bits per heavy atom. The number of hydrogen-bond donors (Lipinski definition) is 5. The molecular weight excluding hydrogens is 845 g/mol. The topological polar surface area (TPSA) is 249 Å². The predicted molar refractivity (Wildman–Crippen MR) is 232 cm³/mol. The molecule has 1 aromatic rings. The van der Waals surface area contributed by atoms with Crippen LogP contribution in [-0.2, 0) is 49.8 Å². The van der Waals surface area contributed by atoms with Gasteiger partial charge in [-0.15, -0.1) is 0 Å². The normalized spacial score (nSPS) is 19.3. The van der Waals surface area contributed by atoms with Gasteiger partial charge < -0.3 is 48.9 Å². The van der Waals surface area contributed by atoms with Gasteiger partial charge in [-0.3, -0.25) is 10.0 Å². The van der Waals surface area contributed by atoms with Gasteiger partial charge in [0.05, 0.1) is 24.9 Å². The van der Waals surface area contributed by atoms with Crippen LogP contribution in [0.2, 0.25) is 0 Å². The van der Waals surface area contributed by atoms with Crippen LogP contribution < -0.4 is 10.8 Å². The van der Waals surface area contributed by atoms with E-state index in [-0.39, 0.29) is 50.5 Å². The van der Waals surface area contributed by atoms with Crippen LogP contribution in [-0.4, -0.2) is 150 Å². The van der Waals surface area contributed by atoms with Gasteiger partial charge >= 0.3 is 18.4 Å². The lowest BCUT2D eigenvalue weighted by molar-refractivity contribution is -0.134. The number of aliphatic hydroxyl groups is 2. The monoisotopic (exact) mass is 918 g/mol. The number of rotatable bonds is 6. The summed E-state index contributed by atoms with van der Waals surface area (Å²) in [4.78, 5) is 47.5. The van der Waals surface area contributed by atoms with E-state index in [1.165, 1.54) is 4.31 Å². The Morgan fingerprint density at radius 2 is 1.22 bits per heavy atom. The molecule has 19 nitrogen and oxygen atoms in total. The van der Waals surface area contributed by atoms with Crippen molar-refractivity contribution in [3.8, 4) is 0 Å². The summed E-state index contributed by atoms with van der Waals surface area (Å²) in [6.07, 6.45) is 1.68. The summed E-state index contributed by atoms with van der Waals surface area (Å²) >= 11 is 0. The van der Waals surface area contributed by atoms with E-state index in [0.29, 0.717) is 58.5 Å². The zero-order chi connectivity index (χ0) is 47.5. The maximum absolute atomic E-state index is 13.2. The van der Waals surface area contributed by atoms with E-state index in [1.54, 1.807) is 51.9 Å². The Balaban J connectivity index is 0.000000322. The largest absolute Gasteiger partial charge is 0.519 e. The van der Waals surface area contributed by atoms with Gasteiger partial charge in [0.15, 0.2) is 4.75 Å². The summed E-state index contributed by atoms with van der Waals surface area (Å²) < 4.78 is 56.3. The van der Waals surface area contributed by atoms with Gasteiger partial charge in [-0.2, -0.15) is 0 Å². The van der Waals surface area contributed by atoms with Gasteiger partial charge in [-0.1, -0.05) is 30.3 Å². The van der Waals surface area contributed by atoms with E-state index in [1.807, 2.05) is 51.1 Å². The van der Waals surface area contributed by atoms with Crippen LogP contribution in [0.25, 0.3) is 0 Å². The summed E-state index contributed by atoms with van der Waals surface area (Å²) in [5, 5.41) is 30.4. The highest BCUT2D eigenvalue weighted by Crippen LogP contribution is 2.34. The molecule has 4 saturated heterocycles. The number of benzene rings is 1. The van der Waals surface area contributed by atoms with Crippen molar-refractivity contribution < 1.29 is 71.4 Å². The molecule has 20 heteroatoms. The maximum atomic E-state index is 13.2. The SMILES string of the molecule is CC(C)(C)OC(=O)N1CCC(O)CC1.CC(C)(C)OC(=O)OC(=O)OC(C)(C)C.O=C(NO)C1(S(=O)(=O)N2CCC(OCc3ccccc3)CC2)CCOCC1.OC1CCNCC1. The summed E-state index contributed by atoms with van der Waals surface area (Å²) in [5.41, 5.74) is 0.792. The molecule has 5 rings (SSSR count). The molecule has 5 N–H and O–H groups in total. The lowest BCUT2D eigenvalue weighted by atomic mass is 9.98. The standard InChI is InChI=1S/C18H26N2O6S.C10H19NO3.C10H18O5.C5H11NO/c21-17(19-22)18(8-12-25-13-9-18)27(23,24)20-10-6-16(7-11-20)26-14-15-4-2-1-3-5-15;1-10(2,3)14-9(13)11-6-4-8(12)5-7-11;1-9(2,3)14-7(11)13-8(12)15-10(4,5)6;7-5-1-3-6-4-2-5/h1-5,16,22H,6-14H2,(H,19,21);8,12H,4-7H2,1-3H3;1-6H3;5-7H,1-4H2. The number of carbonyl (C=O) groups is 4. The number of nitrogens with zero attached hydrogens (tertiary/aromatic N) is 2. The Labute approximate surface area is 373 Å². The lowest BCUT2D eigenvalue weighted by Crippen LogP contribution is -2.60. The van der Waals surface area contributed by atoms with E-state index >= 15 is 0 Å². The van der Waals surface area contributed by atoms with Crippen LogP contribution in [0, 0.1) is 0 Å². The molecule has 1 aromatic carbocycles. The molecule has 0 spiro atoms. The summed E-state index contributed by atoms with van der Waals surface area (Å²) in [6, 6.07) is 9.83. The zero-order valence-corrected chi connectivity index (χ0v) is 39.5. The van der Waals surface area contributed by atoms with Gasteiger partial charge in [0.2, 0.25) is 10.0 Å². The van der Waals surface area contributed by atoms with Crippen molar-refractivity contribution in [2.24, 2.45) is 0 Å². The summed E-state index contributed by atoms with van der Waals surface area (Å²) in [7, 11) is -3.92. The third-order valence-corrected chi connectivity index (χ3v) is 12.4. The second-order valence-electron chi connectivity index (χ2n) is 18.7. The first kappa shape index (κ1) is 55.5. The molecule has 4 fully saturated rings. The molecule has 4 aliphatic rings. The van der Waals surface area contributed by atoms with Crippen molar-refractivity contribution in [1.29, 1.82) is 0 Å². The summed E-state index contributed by atoms with van der Waals surface area (Å²) in [5.74, 6) is -0.881. The van der Waals surface area contributed by atoms with Crippen molar-refractivity contribution in [3.05, 3.63) is 35.9 Å². The van der Waals surface area contributed by atoms with Crippen molar-refractivity contribution in [2.45, 2.75) is 160 Å². The molecule has 0 saturated carbocycles. The maximum Gasteiger partial charge on any atom is 0.519 e. The van der Waals surface area contributed by atoms with Crippen LogP contribution in [0.5, 0.6) is 0 Å². The zero-order valence-electron chi connectivity index (χ0n) is 38.7. The molecule has 63 heavy (non-hydrogen) atoms. The first-order valence-electron chi connectivity index (χ1n) is 21.6. The highest BCUT2D eigenvalue weighted by molar-refractivity contribution is 7.91. The smallest absolute Gasteiger partial charge is 0.444 e. The fourth-order valence-corrected chi connectivity index (χ4v) is 8.62. The van der Waals surface area contributed by atoms with Crippen molar-refractivity contribution in [3.63, 3.8) is 0 Å². The van der Waals surface area contributed by atoms with Gasteiger partial charge in [-0.05, 0) is 119 Å². The molecule has 4 heterocycles. The minimum Gasteiger partial charge on any atom is -0.444 e. The summed E-state index contributed by atoms with van der Waals surface area (Å²) in [6.45, 7) is 20.2. The molecule has 0 atom stereocenters. The van der Waals surface area contributed by atoms with Crippen LogP contribution >= 0.6 is 0 Å². The molecule has 362 valence electrons. The van der Waals surface area contributed by atoms with Crippen molar-refractivity contribution >= 4 is 34.3 Å². The third kappa shape index (κ3) is 21.3. The van der Waals surface area contributed by atoms with E-state index in [0.717, 1.165) is 31.5 Å². The highest BCUT2D eigenvalue weighted by Gasteiger charge is 2.54. The van der Waals surface area contributed by atoms with Gasteiger partial charge in [0, 0.05) is 52.2 Å². The van der Waals surface area contributed by atoms with Crippen LogP contribution in [0.15, 0.2) is 30.3 Å². The quantitative estimate of drug-likeness (QED) is 0.0825. The lowest BCUT2D eigenvalue weighted by Gasteiger charge is -2.40. The molecule has 0 aromatic heterocycles. The van der Waals surface area contributed by atoms with Crippen LogP contribution in [0.1, 0.15) is 119 Å². The second kappa shape index (κ2) is 25.8. The number of carbonyl (C=O) groups excluding carboxylic acids is 4. The molecule has 0 aliphatic carbocycles. The fraction of sp³-hybridized carbons (Fsp3) is 0.767. The minimum absolute atomic E-state index is 0.0195. The van der Waals surface area contributed by atoms with E-state index < -0.39 is 49.8 Å². The first-order chi connectivity index (χ1) is 29.3. The average Bonchev–Trinajstić information content (AvgIpc) is 3.19. The number of hydroxylamine groups is 1. The first-order valence-corrected chi connectivity index (χ1v) is 23.1. The van der Waals surface area contributed by atoms with Gasteiger partial charge in [-0.25, -0.2) is 32.6 Å². The highest BCUT2D eigenvalue weighted by atomic mass is 32.2. The van der Waals surface area contributed by atoms with E-state index in [4.69, 9.17) is 34.0 Å². The Kier molecular flexibility index (Phi) is 22.7. The Morgan fingerprint density at radius 3 is 1.65 bits per heavy atom. The molecule has 0 radical (unpaired) electrons. The predicted octanol–water partition coefficient (Wildman–Crippen LogP) is 5.03. The van der Waals surface area contributed by atoms with Gasteiger partial charge in [0.25, 0.3) is 5.91 Å². The van der Waals surface area contributed by atoms with E-state index in [2.05, 4.69) is 10.1 Å². The second-order valence-corrected chi connectivity index (χ2v) is 20.9. The van der Waals surface area contributed by atoms with Crippen LogP contribution in [0.4, 0.5) is 14.4 Å². The van der Waals surface area contributed by atoms with E-state index in [9.17, 15) is 32.7 Å². The minimum atomic E-state index is -3.92. The fourth-order valence-electron chi connectivity index (χ4n) is 6.47. The number of likely N-dealkylation sites (tertiary alicyclic amines) is 1. The number of aliphatic hydroxyl groups excluding tert-OH is 2. The molecule has 4 aliphatic heterocycles. The van der Waals surface area contributed by atoms with Gasteiger partial charge in [0.1, 0.15) is 16.8 Å². The molecule has 2 amide bonds. The number of ether oxygens (including phenoxy) is 6. The van der Waals surface area contributed by atoms with Crippen molar-refractivity contribution in [1.82, 2.24) is 20.0 Å². The average molecular weight is 919 g/mol. The molecule has 0 bridgehead atoms.